The standard InChI is InChI=1S/C12H24O3/c1-2-3-4-5-6-7-9-14-11-12-15-10-8-13/h8,10,13H,2-7,9,11-12H2,1H3. The van der Waals surface area contributed by atoms with E-state index in [4.69, 9.17) is 14.6 Å². The van der Waals surface area contributed by atoms with Crippen LogP contribution in [0.2, 0.25) is 0 Å². The molecule has 0 aromatic rings. The van der Waals surface area contributed by atoms with Gasteiger partial charge in [-0.15, -0.1) is 0 Å². The molecular weight excluding hydrogens is 192 g/mol. The summed E-state index contributed by atoms with van der Waals surface area (Å²) in [5, 5.41) is 8.26. The molecule has 0 aliphatic carbocycles. The Balaban J connectivity index is 2.86. The first kappa shape index (κ1) is 14.3. The van der Waals surface area contributed by atoms with Gasteiger partial charge < -0.3 is 14.6 Å². The fourth-order valence-electron chi connectivity index (χ4n) is 1.30. The second kappa shape index (κ2) is 13.3. The Labute approximate surface area is 93.1 Å². The lowest BCUT2D eigenvalue weighted by atomic mass is 10.1. The Hall–Kier alpha value is -0.700. The van der Waals surface area contributed by atoms with Crippen molar-refractivity contribution in [1.29, 1.82) is 0 Å². The SMILES string of the molecule is CCCCCCCCOCCOC=CO. The summed E-state index contributed by atoms with van der Waals surface area (Å²) in [6.07, 6.45) is 9.86. The van der Waals surface area contributed by atoms with Crippen LogP contribution in [-0.2, 0) is 9.47 Å². The first-order chi connectivity index (χ1) is 7.41. The third-order valence-electron chi connectivity index (χ3n) is 2.14. The molecule has 0 heterocycles. The molecule has 1 N–H and O–H groups in total. The molecule has 15 heavy (non-hydrogen) atoms. The van der Waals surface area contributed by atoms with Gasteiger partial charge in [0.1, 0.15) is 19.1 Å². The monoisotopic (exact) mass is 216 g/mol. The van der Waals surface area contributed by atoms with Gasteiger partial charge in [0.2, 0.25) is 0 Å². The summed E-state index contributed by atoms with van der Waals surface area (Å²) in [6, 6.07) is 0. The number of hydrogen-bond donors (Lipinski definition) is 1. The minimum atomic E-state index is 0.507. The molecule has 0 fully saturated rings. The van der Waals surface area contributed by atoms with Crippen molar-refractivity contribution in [2.75, 3.05) is 19.8 Å². The fourth-order valence-corrected chi connectivity index (χ4v) is 1.30. The van der Waals surface area contributed by atoms with Crippen LogP contribution < -0.4 is 0 Å². The highest BCUT2D eigenvalue weighted by atomic mass is 16.5. The summed E-state index contributed by atoms with van der Waals surface area (Å²) in [5.74, 6) is 0. The van der Waals surface area contributed by atoms with Crippen molar-refractivity contribution >= 4 is 0 Å². The quantitative estimate of drug-likeness (QED) is 0.425. The lowest BCUT2D eigenvalue weighted by Crippen LogP contribution is -2.02. The first-order valence-corrected chi connectivity index (χ1v) is 5.90. The molecule has 0 radical (unpaired) electrons. The van der Waals surface area contributed by atoms with E-state index in [1.54, 1.807) is 0 Å². The Morgan fingerprint density at radius 3 is 2.40 bits per heavy atom. The molecule has 3 nitrogen and oxygen atoms in total. The summed E-state index contributed by atoms with van der Waals surface area (Å²) in [5.41, 5.74) is 0. The molecular formula is C12H24O3. The van der Waals surface area contributed by atoms with E-state index in [0.29, 0.717) is 13.2 Å². The molecule has 3 heteroatoms. The van der Waals surface area contributed by atoms with Gasteiger partial charge in [-0.25, -0.2) is 0 Å². The molecule has 90 valence electrons. The molecule has 0 aromatic carbocycles. The normalized spacial score (nSPS) is 11.0. The minimum absolute atomic E-state index is 0.507. The number of aliphatic hydroxyl groups is 1. The van der Waals surface area contributed by atoms with Gasteiger partial charge in [0.25, 0.3) is 0 Å². The van der Waals surface area contributed by atoms with Gasteiger partial charge in [0, 0.05) is 6.61 Å². The van der Waals surface area contributed by atoms with E-state index in [-0.39, 0.29) is 0 Å². The number of aliphatic hydroxyl groups excluding tert-OH is 1. The molecule has 0 amide bonds. The van der Waals surface area contributed by atoms with Crippen molar-refractivity contribution in [2.45, 2.75) is 45.4 Å². The second-order valence-electron chi connectivity index (χ2n) is 3.54. The van der Waals surface area contributed by atoms with E-state index in [9.17, 15) is 0 Å². The first-order valence-electron chi connectivity index (χ1n) is 5.90. The van der Waals surface area contributed by atoms with E-state index < -0.39 is 0 Å². The topological polar surface area (TPSA) is 38.7 Å². The van der Waals surface area contributed by atoms with Crippen molar-refractivity contribution in [2.24, 2.45) is 0 Å². The zero-order valence-corrected chi connectivity index (χ0v) is 9.78. The Kier molecular flexibility index (Phi) is 12.7. The zero-order valence-electron chi connectivity index (χ0n) is 9.78. The van der Waals surface area contributed by atoms with Crippen LogP contribution >= 0.6 is 0 Å². The lowest BCUT2D eigenvalue weighted by Gasteiger charge is -2.03. The van der Waals surface area contributed by atoms with Crippen LogP contribution in [0.5, 0.6) is 0 Å². The van der Waals surface area contributed by atoms with Crippen LogP contribution in [0, 0.1) is 0 Å². The molecule has 0 atom stereocenters. The summed E-state index contributed by atoms with van der Waals surface area (Å²) in [7, 11) is 0. The van der Waals surface area contributed by atoms with Gasteiger partial charge in [0.05, 0.1) is 6.61 Å². The van der Waals surface area contributed by atoms with Gasteiger partial charge in [-0.1, -0.05) is 39.0 Å². The van der Waals surface area contributed by atoms with E-state index in [1.165, 1.54) is 38.4 Å². The number of hydrogen-bond acceptors (Lipinski definition) is 3. The van der Waals surface area contributed by atoms with E-state index in [0.717, 1.165) is 19.3 Å². The van der Waals surface area contributed by atoms with Crippen molar-refractivity contribution < 1.29 is 14.6 Å². The van der Waals surface area contributed by atoms with Crippen LogP contribution in [-0.4, -0.2) is 24.9 Å². The molecule has 0 saturated heterocycles. The van der Waals surface area contributed by atoms with Gasteiger partial charge in [0.15, 0.2) is 0 Å². The van der Waals surface area contributed by atoms with Gasteiger partial charge in [-0.2, -0.15) is 0 Å². The highest BCUT2D eigenvalue weighted by Crippen LogP contribution is 2.04. The van der Waals surface area contributed by atoms with Crippen molar-refractivity contribution in [3.05, 3.63) is 12.5 Å². The highest BCUT2D eigenvalue weighted by molar-refractivity contribution is 4.56. The number of unbranched alkanes of at least 4 members (excludes halogenated alkanes) is 5. The zero-order chi connectivity index (χ0) is 11.2. The third kappa shape index (κ3) is 13.3. The predicted molar refractivity (Wildman–Crippen MR) is 61.9 cm³/mol. The number of ether oxygens (including phenoxy) is 2. The van der Waals surface area contributed by atoms with Crippen LogP contribution in [0.1, 0.15) is 45.4 Å². The maximum atomic E-state index is 8.26. The van der Waals surface area contributed by atoms with Crippen molar-refractivity contribution in [3.63, 3.8) is 0 Å². The third-order valence-corrected chi connectivity index (χ3v) is 2.14. The molecule has 0 bridgehead atoms. The molecule has 0 aliphatic heterocycles. The van der Waals surface area contributed by atoms with Crippen LogP contribution in [0.15, 0.2) is 12.5 Å². The smallest absolute Gasteiger partial charge is 0.117 e. The molecule has 0 unspecified atom stereocenters. The molecule has 0 rings (SSSR count). The van der Waals surface area contributed by atoms with E-state index in [1.807, 2.05) is 0 Å². The fraction of sp³-hybridized carbons (Fsp3) is 0.833. The number of rotatable bonds is 11. The van der Waals surface area contributed by atoms with Crippen LogP contribution in [0.4, 0.5) is 0 Å². The summed E-state index contributed by atoms with van der Waals surface area (Å²) < 4.78 is 10.2. The van der Waals surface area contributed by atoms with Crippen molar-refractivity contribution in [3.8, 4) is 0 Å². The van der Waals surface area contributed by atoms with Gasteiger partial charge in [-0.05, 0) is 6.42 Å². The largest absolute Gasteiger partial charge is 0.512 e. The predicted octanol–water partition coefficient (Wildman–Crippen LogP) is 3.41. The molecule has 0 aromatic heterocycles. The van der Waals surface area contributed by atoms with Gasteiger partial charge >= 0.3 is 0 Å². The minimum Gasteiger partial charge on any atom is -0.512 e. The van der Waals surface area contributed by atoms with Crippen LogP contribution in [0.25, 0.3) is 0 Å². The lowest BCUT2D eigenvalue weighted by molar-refractivity contribution is 0.0810. The Bertz CT molecular complexity index is 135. The second-order valence-corrected chi connectivity index (χ2v) is 3.54. The average molecular weight is 216 g/mol. The van der Waals surface area contributed by atoms with Crippen LogP contribution in [0.3, 0.4) is 0 Å². The molecule has 0 aliphatic rings. The van der Waals surface area contributed by atoms with E-state index >= 15 is 0 Å². The Morgan fingerprint density at radius 1 is 0.933 bits per heavy atom. The van der Waals surface area contributed by atoms with Gasteiger partial charge in [-0.3, -0.25) is 0 Å². The molecule has 0 saturated carbocycles. The maximum Gasteiger partial charge on any atom is 0.117 e. The Morgan fingerprint density at radius 2 is 1.67 bits per heavy atom. The average Bonchev–Trinajstić information content (AvgIpc) is 2.26. The van der Waals surface area contributed by atoms with E-state index in [2.05, 4.69) is 6.92 Å². The summed E-state index contributed by atoms with van der Waals surface area (Å²) >= 11 is 0. The summed E-state index contributed by atoms with van der Waals surface area (Å²) in [4.78, 5) is 0. The highest BCUT2D eigenvalue weighted by Gasteiger charge is 1.91. The molecule has 0 spiro atoms. The maximum absolute atomic E-state index is 8.26. The van der Waals surface area contributed by atoms with Crippen molar-refractivity contribution in [1.82, 2.24) is 0 Å². The summed E-state index contributed by atoms with van der Waals surface area (Å²) in [6.45, 7) is 4.15.